The predicted molar refractivity (Wildman–Crippen MR) is 49.3 cm³/mol. The fourth-order valence-electron chi connectivity index (χ4n) is 0.698. The molecule has 0 amide bonds. The van der Waals surface area contributed by atoms with Crippen LogP contribution in [-0.2, 0) is 0 Å². The van der Waals surface area contributed by atoms with Crippen LogP contribution < -0.4 is 5.73 Å². The lowest BCUT2D eigenvalue weighted by molar-refractivity contribution is 0.951. The number of nitrogens with two attached hydrogens (primary N) is 1. The quantitative estimate of drug-likeness (QED) is 0.806. The van der Waals surface area contributed by atoms with Crippen molar-refractivity contribution in [2.75, 3.05) is 0 Å². The van der Waals surface area contributed by atoms with Gasteiger partial charge in [-0.1, -0.05) is 0 Å². The highest BCUT2D eigenvalue weighted by Gasteiger charge is 2.08. The number of halogens is 1. The second-order valence-corrected chi connectivity index (χ2v) is 4.30. The van der Waals surface area contributed by atoms with Gasteiger partial charge in [0.05, 0.1) is 6.07 Å². The van der Waals surface area contributed by atoms with Crippen molar-refractivity contribution in [3.05, 3.63) is 20.3 Å². The van der Waals surface area contributed by atoms with E-state index in [1.807, 2.05) is 19.1 Å². The molecule has 1 heterocycles. The summed E-state index contributed by atoms with van der Waals surface area (Å²) in [5.74, 6) is 0. The van der Waals surface area contributed by atoms with Crippen molar-refractivity contribution < 1.29 is 0 Å². The highest BCUT2D eigenvalue weighted by atomic mass is 79.9. The SMILES string of the molecule is Cc1sc(C(N)C#N)cc1Br. The zero-order valence-corrected chi connectivity index (χ0v) is 8.37. The average molecular weight is 231 g/mol. The van der Waals surface area contributed by atoms with E-state index in [9.17, 15) is 0 Å². The van der Waals surface area contributed by atoms with Crippen LogP contribution in [0.3, 0.4) is 0 Å². The molecule has 2 nitrogen and oxygen atoms in total. The highest BCUT2D eigenvalue weighted by molar-refractivity contribution is 9.10. The Morgan fingerprint density at radius 1 is 1.82 bits per heavy atom. The number of thiophene rings is 1. The molecule has 0 aromatic carbocycles. The minimum Gasteiger partial charge on any atom is -0.312 e. The molecular weight excluding hydrogens is 224 g/mol. The average Bonchev–Trinajstić information content (AvgIpc) is 2.31. The van der Waals surface area contributed by atoms with Crippen molar-refractivity contribution in [1.82, 2.24) is 0 Å². The van der Waals surface area contributed by atoms with Gasteiger partial charge in [0.1, 0.15) is 6.04 Å². The summed E-state index contributed by atoms with van der Waals surface area (Å²) >= 11 is 4.91. The first-order valence-electron chi connectivity index (χ1n) is 3.06. The van der Waals surface area contributed by atoms with E-state index in [-0.39, 0.29) is 0 Å². The molecule has 0 aliphatic heterocycles. The van der Waals surface area contributed by atoms with Crippen LogP contribution in [0.2, 0.25) is 0 Å². The molecule has 1 atom stereocenters. The lowest BCUT2D eigenvalue weighted by Crippen LogP contribution is -2.04. The second kappa shape index (κ2) is 3.35. The number of hydrogen-bond donors (Lipinski definition) is 1. The Morgan fingerprint density at radius 2 is 2.45 bits per heavy atom. The van der Waals surface area contributed by atoms with Gasteiger partial charge in [0.15, 0.2) is 0 Å². The molecule has 0 bridgehead atoms. The van der Waals surface area contributed by atoms with E-state index in [4.69, 9.17) is 11.0 Å². The monoisotopic (exact) mass is 230 g/mol. The Labute approximate surface area is 77.8 Å². The first-order chi connectivity index (χ1) is 5.15. The normalized spacial score (nSPS) is 12.5. The molecule has 0 aliphatic carbocycles. The molecule has 1 unspecified atom stereocenters. The zero-order chi connectivity index (χ0) is 8.43. The van der Waals surface area contributed by atoms with E-state index >= 15 is 0 Å². The Bertz CT molecular complexity index is 280. The van der Waals surface area contributed by atoms with E-state index in [0.29, 0.717) is 0 Å². The summed E-state index contributed by atoms with van der Waals surface area (Å²) in [7, 11) is 0. The van der Waals surface area contributed by atoms with Gasteiger partial charge >= 0.3 is 0 Å². The van der Waals surface area contributed by atoms with E-state index in [1.54, 1.807) is 11.3 Å². The van der Waals surface area contributed by atoms with Gasteiger partial charge in [-0.25, -0.2) is 0 Å². The van der Waals surface area contributed by atoms with Gasteiger partial charge in [0.2, 0.25) is 0 Å². The predicted octanol–water partition coefficient (Wildman–Crippen LogP) is 2.34. The van der Waals surface area contributed by atoms with Gasteiger partial charge in [-0.3, -0.25) is 0 Å². The summed E-state index contributed by atoms with van der Waals surface area (Å²) in [5.41, 5.74) is 5.50. The van der Waals surface area contributed by atoms with Crippen molar-refractivity contribution >= 4 is 27.3 Å². The van der Waals surface area contributed by atoms with Crippen molar-refractivity contribution in [2.24, 2.45) is 5.73 Å². The maximum absolute atomic E-state index is 8.50. The Morgan fingerprint density at radius 3 is 2.82 bits per heavy atom. The third-order valence-electron chi connectivity index (χ3n) is 1.32. The summed E-state index contributed by atoms with van der Waals surface area (Å²) in [6, 6.07) is 3.40. The number of hydrogen-bond acceptors (Lipinski definition) is 3. The fourth-order valence-corrected chi connectivity index (χ4v) is 2.21. The molecule has 1 aromatic rings. The molecule has 0 radical (unpaired) electrons. The van der Waals surface area contributed by atoms with Crippen LogP contribution in [0.25, 0.3) is 0 Å². The first-order valence-corrected chi connectivity index (χ1v) is 4.67. The van der Waals surface area contributed by atoms with E-state index in [0.717, 1.165) is 14.2 Å². The molecule has 1 aromatic heterocycles. The van der Waals surface area contributed by atoms with Crippen molar-refractivity contribution in [3.63, 3.8) is 0 Å². The molecular formula is C7H7BrN2S. The molecule has 4 heteroatoms. The molecule has 0 fully saturated rings. The topological polar surface area (TPSA) is 49.8 Å². The molecule has 0 spiro atoms. The molecule has 1 rings (SSSR count). The molecule has 2 N–H and O–H groups in total. The van der Waals surface area contributed by atoms with Gasteiger partial charge in [0, 0.05) is 14.2 Å². The van der Waals surface area contributed by atoms with Gasteiger partial charge in [-0.05, 0) is 28.9 Å². The fraction of sp³-hybridized carbons (Fsp3) is 0.286. The standard InChI is InChI=1S/C7H7BrN2S/c1-4-5(8)2-7(11-4)6(10)3-9/h2,6H,10H2,1H3. The summed E-state index contributed by atoms with van der Waals surface area (Å²) in [6.07, 6.45) is 0. The lowest BCUT2D eigenvalue weighted by Gasteiger charge is -1.93. The van der Waals surface area contributed by atoms with Crippen LogP contribution in [0.4, 0.5) is 0 Å². The van der Waals surface area contributed by atoms with Gasteiger partial charge in [-0.15, -0.1) is 11.3 Å². The minimum absolute atomic E-state index is 0.481. The first kappa shape index (κ1) is 8.72. The number of nitriles is 1. The molecule has 58 valence electrons. The molecule has 0 saturated heterocycles. The molecule has 11 heavy (non-hydrogen) atoms. The van der Waals surface area contributed by atoms with Crippen LogP contribution in [0, 0.1) is 18.3 Å². The Balaban J connectivity index is 2.99. The summed E-state index contributed by atoms with van der Waals surface area (Å²) in [4.78, 5) is 2.07. The third-order valence-corrected chi connectivity index (χ3v) is 3.54. The van der Waals surface area contributed by atoms with Crippen molar-refractivity contribution in [3.8, 4) is 6.07 Å². The second-order valence-electron chi connectivity index (χ2n) is 2.16. The smallest absolute Gasteiger partial charge is 0.128 e. The van der Waals surface area contributed by atoms with Crippen LogP contribution in [-0.4, -0.2) is 0 Å². The summed E-state index contributed by atoms with van der Waals surface area (Å²) < 4.78 is 1.03. The van der Waals surface area contributed by atoms with Crippen LogP contribution in [0.1, 0.15) is 15.8 Å². The van der Waals surface area contributed by atoms with E-state index < -0.39 is 6.04 Å². The maximum atomic E-state index is 8.50. The van der Waals surface area contributed by atoms with Crippen molar-refractivity contribution in [2.45, 2.75) is 13.0 Å². The number of rotatable bonds is 1. The zero-order valence-electron chi connectivity index (χ0n) is 5.97. The van der Waals surface area contributed by atoms with Gasteiger partial charge in [0.25, 0.3) is 0 Å². The van der Waals surface area contributed by atoms with Gasteiger partial charge in [-0.2, -0.15) is 5.26 Å². The summed E-state index contributed by atoms with van der Waals surface area (Å²) in [5, 5.41) is 8.50. The van der Waals surface area contributed by atoms with Crippen LogP contribution in [0.5, 0.6) is 0 Å². The number of aryl methyl sites for hydroxylation is 1. The highest BCUT2D eigenvalue weighted by Crippen LogP contribution is 2.29. The van der Waals surface area contributed by atoms with Crippen LogP contribution >= 0.6 is 27.3 Å². The van der Waals surface area contributed by atoms with Crippen LogP contribution in [0.15, 0.2) is 10.5 Å². The maximum Gasteiger partial charge on any atom is 0.128 e. The molecule has 0 aliphatic rings. The van der Waals surface area contributed by atoms with E-state index in [1.165, 1.54) is 0 Å². The number of nitrogens with zero attached hydrogens (tertiary/aromatic N) is 1. The van der Waals surface area contributed by atoms with E-state index in [2.05, 4.69) is 15.9 Å². The Hall–Kier alpha value is -0.370. The molecule has 0 saturated carbocycles. The van der Waals surface area contributed by atoms with Crippen molar-refractivity contribution in [1.29, 1.82) is 5.26 Å². The third kappa shape index (κ3) is 1.80. The summed E-state index contributed by atoms with van der Waals surface area (Å²) in [6.45, 7) is 1.99. The largest absolute Gasteiger partial charge is 0.312 e. The minimum atomic E-state index is -0.481. The lowest BCUT2D eigenvalue weighted by atomic mass is 10.3. The Kier molecular flexibility index (Phi) is 2.66. The van der Waals surface area contributed by atoms with Gasteiger partial charge < -0.3 is 5.73 Å².